The number of benzene rings is 1. The molecule has 0 spiro atoms. The monoisotopic (exact) mass is 577 g/mol. The zero-order valence-electron chi connectivity index (χ0n) is 18.5. The van der Waals surface area contributed by atoms with Gasteiger partial charge in [-0.25, -0.2) is 13.4 Å². The SMILES string of the molecule is CN=C(NCc1ccc(S(=O)(=O)N2CCCC(C)C2)cc1)N(C)Cc1csc(C)n1.I. The first-order chi connectivity index (χ1) is 14.3. The number of guanidine groups is 1. The van der Waals surface area contributed by atoms with Crippen LogP contribution >= 0.6 is 35.3 Å². The van der Waals surface area contributed by atoms with Gasteiger partial charge in [0, 0.05) is 39.1 Å². The van der Waals surface area contributed by atoms with Crippen molar-refractivity contribution in [2.75, 3.05) is 27.2 Å². The Labute approximate surface area is 207 Å². The average Bonchev–Trinajstić information content (AvgIpc) is 3.13. The maximum atomic E-state index is 12.9. The zero-order chi connectivity index (χ0) is 21.7. The van der Waals surface area contributed by atoms with Gasteiger partial charge < -0.3 is 10.2 Å². The Bertz CT molecular complexity index is 976. The first kappa shape index (κ1) is 26.0. The topological polar surface area (TPSA) is 77.9 Å². The molecule has 1 N–H and O–H groups in total. The summed E-state index contributed by atoms with van der Waals surface area (Å²) in [6.45, 7) is 6.56. The van der Waals surface area contributed by atoms with Gasteiger partial charge in [-0.2, -0.15) is 4.31 Å². The molecule has 3 rings (SSSR count). The molecule has 0 bridgehead atoms. The summed E-state index contributed by atoms with van der Waals surface area (Å²) in [6, 6.07) is 7.14. The van der Waals surface area contributed by atoms with Gasteiger partial charge >= 0.3 is 0 Å². The molecule has 31 heavy (non-hydrogen) atoms. The highest BCUT2D eigenvalue weighted by atomic mass is 127. The fraction of sp³-hybridized carbons (Fsp3) is 0.524. The Morgan fingerprint density at radius 1 is 1.35 bits per heavy atom. The van der Waals surface area contributed by atoms with E-state index in [9.17, 15) is 8.42 Å². The van der Waals surface area contributed by atoms with Crippen molar-refractivity contribution < 1.29 is 8.42 Å². The number of halogens is 1. The molecule has 1 aromatic heterocycles. The molecule has 0 amide bonds. The standard InChI is InChI=1S/C21H31N5O2S2.HI/c1-16-6-5-11-26(13-16)30(27,28)20-9-7-18(8-10-20)12-23-21(22-3)25(4)14-19-15-29-17(2)24-19;/h7-10,15-16H,5-6,11-14H2,1-4H3,(H,22,23);1H. The molecule has 1 aromatic carbocycles. The van der Waals surface area contributed by atoms with Crippen molar-refractivity contribution in [3.05, 3.63) is 45.9 Å². The Hall–Kier alpha value is -1.24. The van der Waals surface area contributed by atoms with Gasteiger partial charge in [0.05, 0.1) is 22.1 Å². The molecule has 2 heterocycles. The third kappa shape index (κ3) is 6.87. The first-order valence-electron chi connectivity index (χ1n) is 10.2. The number of thiazole rings is 1. The van der Waals surface area contributed by atoms with E-state index in [-0.39, 0.29) is 24.0 Å². The van der Waals surface area contributed by atoms with E-state index < -0.39 is 10.0 Å². The maximum absolute atomic E-state index is 12.9. The van der Waals surface area contributed by atoms with Crippen molar-refractivity contribution in [1.82, 2.24) is 19.5 Å². The summed E-state index contributed by atoms with van der Waals surface area (Å²) in [5.41, 5.74) is 2.02. The van der Waals surface area contributed by atoms with Crippen molar-refractivity contribution in [3.63, 3.8) is 0 Å². The minimum atomic E-state index is -3.42. The lowest BCUT2D eigenvalue weighted by molar-refractivity contribution is 0.281. The Morgan fingerprint density at radius 3 is 2.65 bits per heavy atom. The fourth-order valence-electron chi connectivity index (χ4n) is 3.66. The summed E-state index contributed by atoms with van der Waals surface area (Å²) in [4.78, 5) is 11.2. The summed E-state index contributed by atoms with van der Waals surface area (Å²) in [5.74, 6) is 1.17. The molecule has 0 radical (unpaired) electrons. The highest BCUT2D eigenvalue weighted by molar-refractivity contribution is 14.0. The highest BCUT2D eigenvalue weighted by Crippen LogP contribution is 2.23. The number of hydrogen-bond acceptors (Lipinski definition) is 5. The van der Waals surface area contributed by atoms with Crippen molar-refractivity contribution in [2.45, 2.75) is 44.7 Å². The van der Waals surface area contributed by atoms with E-state index in [2.05, 4.69) is 27.6 Å². The normalized spacial score (nSPS) is 17.8. The number of rotatable bonds is 6. The summed E-state index contributed by atoms with van der Waals surface area (Å²) in [5, 5.41) is 6.44. The second-order valence-electron chi connectivity index (χ2n) is 7.87. The van der Waals surface area contributed by atoms with Crippen LogP contribution in [0.4, 0.5) is 0 Å². The number of hydrogen-bond donors (Lipinski definition) is 1. The van der Waals surface area contributed by atoms with Crippen LogP contribution in [0.3, 0.4) is 0 Å². The van der Waals surface area contributed by atoms with Crippen molar-refractivity contribution >= 4 is 51.3 Å². The molecule has 1 unspecified atom stereocenters. The number of sulfonamides is 1. The number of aliphatic imine (C=N–C) groups is 1. The van der Waals surface area contributed by atoms with Crippen LogP contribution in [0, 0.1) is 12.8 Å². The third-order valence-electron chi connectivity index (χ3n) is 5.27. The number of aryl methyl sites for hydroxylation is 1. The second-order valence-corrected chi connectivity index (χ2v) is 10.9. The lowest BCUT2D eigenvalue weighted by Crippen LogP contribution is -2.39. The summed E-state index contributed by atoms with van der Waals surface area (Å²) in [6.07, 6.45) is 2.02. The number of nitrogens with zero attached hydrogens (tertiary/aromatic N) is 4. The van der Waals surface area contributed by atoms with E-state index in [0.29, 0.717) is 37.0 Å². The lowest BCUT2D eigenvalue weighted by atomic mass is 10.0. The highest BCUT2D eigenvalue weighted by Gasteiger charge is 2.28. The number of nitrogens with one attached hydrogen (secondary N) is 1. The average molecular weight is 578 g/mol. The smallest absolute Gasteiger partial charge is 0.243 e. The molecule has 0 aliphatic carbocycles. The summed E-state index contributed by atoms with van der Waals surface area (Å²) >= 11 is 1.64. The molecule has 0 saturated carbocycles. The molecule has 2 aromatic rings. The second kappa shape index (κ2) is 11.6. The van der Waals surface area contributed by atoms with Crippen molar-refractivity contribution in [3.8, 4) is 0 Å². The maximum Gasteiger partial charge on any atom is 0.243 e. The van der Waals surface area contributed by atoms with Crippen LogP contribution in [0.1, 0.15) is 36.0 Å². The number of aromatic nitrogens is 1. The fourth-order valence-corrected chi connectivity index (χ4v) is 5.86. The molecule has 172 valence electrons. The molecule has 7 nitrogen and oxygen atoms in total. The van der Waals surface area contributed by atoms with Gasteiger partial charge in [0.15, 0.2) is 5.96 Å². The van der Waals surface area contributed by atoms with Gasteiger partial charge in [-0.1, -0.05) is 19.1 Å². The molecule has 1 saturated heterocycles. The van der Waals surface area contributed by atoms with Crippen LogP contribution < -0.4 is 5.32 Å². The predicted octanol–water partition coefficient (Wildman–Crippen LogP) is 3.70. The van der Waals surface area contributed by atoms with Gasteiger partial charge in [-0.3, -0.25) is 4.99 Å². The predicted molar refractivity (Wildman–Crippen MR) is 138 cm³/mol. The lowest BCUT2D eigenvalue weighted by Gasteiger charge is -2.30. The number of piperidine rings is 1. The molecule has 1 fully saturated rings. The van der Waals surface area contributed by atoms with Gasteiger partial charge in [0.1, 0.15) is 0 Å². The Balaban J connectivity index is 0.00000341. The van der Waals surface area contributed by atoms with Crippen molar-refractivity contribution in [1.29, 1.82) is 0 Å². The van der Waals surface area contributed by atoms with E-state index in [1.54, 1.807) is 34.8 Å². The molecular formula is C21H32IN5O2S2. The van der Waals surface area contributed by atoms with Crippen LogP contribution in [0.2, 0.25) is 0 Å². The van der Waals surface area contributed by atoms with Crippen LogP contribution in [0.5, 0.6) is 0 Å². The van der Waals surface area contributed by atoms with Gasteiger partial charge in [-0.05, 0) is 43.4 Å². The van der Waals surface area contributed by atoms with E-state index in [0.717, 1.165) is 35.1 Å². The van der Waals surface area contributed by atoms with Crippen LogP contribution in [-0.4, -0.2) is 55.8 Å². The quantitative estimate of drug-likeness (QED) is 0.322. The summed E-state index contributed by atoms with van der Waals surface area (Å²) < 4.78 is 27.4. The molecular weight excluding hydrogens is 545 g/mol. The van der Waals surface area contributed by atoms with Gasteiger partial charge in [-0.15, -0.1) is 35.3 Å². The van der Waals surface area contributed by atoms with Crippen LogP contribution in [0.15, 0.2) is 39.5 Å². The molecule has 1 atom stereocenters. The minimum Gasteiger partial charge on any atom is -0.352 e. The van der Waals surface area contributed by atoms with E-state index in [1.165, 1.54) is 0 Å². The zero-order valence-corrected chi connectivity index (χ0v) is 22.5. The van der Waals surface area contributed by atoms with E-state index >= 15 is 0 Å². The summed E-state index contributed by atoms with van der Waals surface area (Å²) in [7, 11) is 0.303. The Morgan fingerprint density at radius 2 is 2.06 bits per heavy atom. The van der Waals surface area contributed by atoms with Gasteiger partial charge in [0.2, 0.25) is 10.0 Å². The minimum absolute atomic E-state index is 0. The van der Waals surface area contributed by atoms with E-state index in [1.807, 2.05) is 31.0 Å². The third-order valence-corrected chi connectivity index (χ3v) is 7.97. The van der Waals surface area contributed by atoms with Gasteiger partial charge in [0.25, 0.3) is 0 Å². The van der Waals surface area contributed by atoms with E-state index in [4.69, 9.17) is 0 Å². The molecule has 1 aliphatic heterocycles. The molecule has 10 heteroatoms. The first-order valence-corrected chi connectivity index (χ1v) is 12.5. The largest absolute Gasteiger partial charge is 0.352 e. The van der Waals surface area contributed by atoms with Crippen LogP contribution in [-0.2, 0) is 23.1 Å². The molecule has 1 aliphatic rings. The van der Waals surface area contributed by atoms with Crippen LogP contribution in [0.25, 0.3) is 0 Å². The Kier molecular flexibility index (Phi) is 9.71. The van der Waals surface area contributed by atoms with Crippen molar-refractivity contribution in [2.24, 2.45) is 10.9 Å².